The summed E-state index contributed by atoms with van der Waals surface area (Å²) in [6, 6.07) is 10.4. The van der Waals surface area contributed by atoms with E-state index < -0.39 is 16.0 Å². The SMILES string of the molecule is COC(=O)c1cc(S(=O)(=O)N(Cc2ccccc2)C(C)C)c[nH]1. The number of rotatable bonds is 6. The van der Waals surface area contributed by atoms with Crippen molar-refractivity contribution in [1.29, 1.82) is 0 Å². The Hall–Kier alpha value is -2.12. The number of methoxy groups -OCH3 is 1. The van der Waals surface area contributed by atoms with E-state index in [0.717, 1.165) is 5.56 Å². The van der Waals surface area contributed by atoms with Crippen molar-refractivity contribution < 1.29 is 17.9 Å². The highest BCUT2D eigenvalue weighted by Crippen LogP contribution is 2.22. The third kappa shape index (κ3) is 3.80. The summed E-state index contributed by atoms with van der Waals surface area (Å²) in [6.07, 6.45) is 1.31. The van der Waals surface area contributed by atoms with Crippen molar-refractivity contribution in [2.45, 2.75) is 31.3 Å². The van der Waals surface area contributed by atoms with E-state index >= 15 is 0 Å². The Kier molecular flexibility index (Phi) is 5.23. The molecule has 0 atom stereocenters. The smallest absolute Gasteiger partial charge is 0.354 e. The van der Waals surface area contributed by atoms with Gasteiger partial charge in [0.05, 0.1) is 7.11 Å². The van der Waals surface area contributed by atoms with Crippen molar-refractivity contribution >= 4 is 16.0 Å². The van der Waals surface area contributed by atoms with Crippen LogP contribution < -0.4 is 0 Å². The Morgan fingerprint density at radius 2 is 1.91 bits per heavy atom. The number of aromatic nitrogens is 1. The van der Waals surface area contributed by atoms with Crippen LogP contribution in [0.15, 0.2) is 47.5 Å². The molecule has 23 heavy (non-hydrogen) atoms. The zero-order valence-electron chi connectivity index (χ0n) is 13.3. The summed E-state index contributed by atoms with van der Waals surface area (Å²) in [4.78, 5) is 14.2. The van der Waals surface area contributed by atoms with Crippen molar-refractivity contribution in [3.05, 3.63) is 53.9 Å². The Labute approximate surface area is 136 Å². The highest BCUT2D eigenvalue weighted by Gasteiger charge is 2.28. The normalized spacial score (nSPS) is 11.9. The van der Waals surface area contributed by atoms with Crippen molar-refractivity contribution in [1.82, 2.24) is 9.29 Å². The molecule has 0 saturated heterocycles. The number of aromatic amines is 1. The molecule has 2 rings (SSSR count). The zero-order valence-corrected chi connectivity index (χ0v) is 14.1. The van der Waals surface area contributed by atoms with Gasteiger partial charge in [-0.3, -0.25) is 0 Å². The van der Waals surface area contributed by atoms with Gasteiger partial charge in [0.15, 0.2) is 0 Å². The molecule has 0 fully saturated rings. The Balaban J connectivity index is 2.33. The molecule has 1 N–H and O–H groups in total. The fourth-order valence-corrected chi connectivity index (χ4v) is 3.81. The zero-order chi connectivity index (χ0) is 17.0. The molecule has 0 aliphatic carbocycles. The fourth-order valence-electron chi connectivity index (χ4n) is 2.20. The van der Waals surface area contributed by atoms with Gasteiger partial charge in [-0.2, -0.15) is 4.31 Å². The van der Waals surface area contributed by atoms with Gasteiger partial charge in [0.2, 0.25) is 10.0 Å². The maximum Gasteiger partial charge on any atom is 0.354 e. The Bertz CT molecular complexity index is 766. The van der Waals surface area contributed by atoms with E-state index in [9.17, 15) is 13.2 Å². The molecule has 1 aromatic heterocycles. The van der Waals surface area contributed by atoms with Gasteiger partial charge in [0.25, 0.3) is 0 Å². The van der Waals surface area contributed by atoms with Crippen molar-refractivity contribution in [3.8, 4) is 0 Å². The highest BCUT2D eigenvalue weighted by atomic mass is 32.2. The topological polar surface area (TPSA) is 79.5 Å². The van der Waals surface area contributed by atoms with Crippen LogP contribution in [0, 0.1) is 0 Å². The van der Waals surface area contributed by atoms with Crippen LogP contribution in [-0.4, -0.2) is 36.8 Å². The lowest BCUT2D eigenvalue weighted by atomic mass is 10.2. The van der Waals surface area contributed by atoms with Crippen LogP contribution in [0.2, 0.25) is 0 Å². The number of hydrogen-bond acceptors (Lipinski definition) is 4. The molecule has 0 spiro atoms. The van der Waals surface area contributed by atoms with Crippen LogP contribution in [0.1, 0.15) is 29.9 Å². The first-order valence-electron chi connectivity index (χ1n) is 7.18. The molecule has 0 aliphatic heterocycles. The summed E-state index contributed by atoms with van der Waals surface area (Å²) in [5.74, 6) is -0.606. The number of nitrogens with zero attached hydrogens (tertiary/aromatic N) is 1. The van der Waals surface area contributed by atoms with E-state index in [1.165, 1.54) is 23.7 Å². The molecule has 0 saturated carbocycles. The van der Waals surface area contributed by atoms with E-state index in [1.54, 1.807) is 0 Å². The second-order valence-electron chi connectivity index (χ2n) is 5.37. The van der Waals surface area contributed by atoms with Crippen molar-refractivity contribution in [3.63, 3.8) is 0 Å². The van der Waals surface area contributed by atoms with E-state index in [2.05, 4.69) is 9.72 Å². The van der Waals surface area contributed by atoms with Crippen LogP contribution in [0.3, 0.4) is 0 Å². The summed E-state index contributed by atoms with van der Waals surface area (Å²) in [6.45, 7) is 3.89. The summed E-state index contributed by atoms with van der Waals surface area (Å²) < 4.78 is 31.7. The largest absolute Gasteiger partial charge is 0.464 e. The number of hydrogen-bond donors (Lipinski definition) is 1. The van der Waals surface area contributed by atoms with Gasteiger partial charge >= 0.3 is 5.97 Å². The van der Waals surface area contributed by atoms with Gasteiger partial charge in [0.1, 0.15) is 10.6 Å². The number of carbonyl (C=O) groups is 1. The molecule has 0 radical (unpaired) electrons. The second kappa shape index (κ2) is 6.97. The van der Waals surface area contributed by atoms with Crippen LogP contribution in [0.4, 0.5) is 0 Å². The molecular formula is C16H20N2O4S. The van der Waals surface area contributed by atoms with Gasteiger partial charge in [0, 0.05) is 18.8 Å². The predicted molar refractivity (Wildman–Crippen MR) is 86.4 cm³/mol. The Morgan fingerprint density at radius 3 is 2.48 bits per heavy atom. The molecule has 0 amide bonds. The van der Waals surface area contributed by atoms with Gasteiger partial charge in [-0.05, 0) is 25.5 Å². The number of esters is 1. The van der Waals surface area contributed by atoms with Crippen LogP contribution in [0.25, 0.3) is 0 Å². The van der Waals surface area contributed by atoms with Gasteiger partial charge in [-0.1, -0.05) is 30.3 Å². The molecular weight excluding hydrogens is 316 g/mol. The van der Waals surface area contributed by atoms with Crippen LogP contribution in [0.5, 0.6) is 0 Å². The first kappa shape index (κ1) is 17.2. The Morgan fingerprint density at radius 1 is 1.26 bits per heavy atom. The molecule has 0 unspecified atom stereocenters. The predicted octanol–water partition coefficient (Wildman–Crippen LogP) is 2.40. The van der Waals surface area contributed by atoms with E-state index in [1.807, 2.05) is 44.2 Å². The summed E-state index contributed by atoms with van der Waals surface area (Å²) in [7, 11) is -2.48. The van der Waals surface area contributed by atoms with E-state index in [4.69, 9.17) is 0 Å². The van der Waals surface area contributed by atoms with Gasteiger partial charge < -0.3 is 9.72 Å². The fraction of sp³-hybridized carbons (Fsp3) is 0.312. The number of benzene rings is 1. The quantitative estimate of drug-likeness (QED) is 0.822. The van der Waals surface area contributed by atoms with Crippen LogP contribution in [-0.2, 0) is 21.3 Å². The van der Waals surface area contributed by atoms with Gasteiger partial charge in [-0.15, -0.1) is 0 Å². The highest BCUT2D eigenvalue weighted by molar-refractivity contribution is 7.89. The van der Waals surface area contributed by atoms with E-state index in [0.29, 0.717) is 0 Å². The summed E-state index contributed by atoms with van der Waals surface area (Å²) >= 11 is 0. The van der Waals surface area contributed by atoms with Crippen molar-refractivity contribution in [2.24, 2.45) is 0 Å². The number of sulfonamides is 1. The number of ether oxygens (including phenoxy) is 1. The standard InChI is InChI=1S/C16H20N2O4S/c1-12(2)18(11-13-7-5-4-6-8-13)23(20,21)14-9-15(17-10-14)16(19)22-3/h4-10,12,17H,11H2,1-3H3. The first-order valence-corrected chi connectivity index (χ1v) is 8.62. The molecule has 1 aromatic carbocycles. The minimum absolute atomic E-state index is 0.0440. The number of carbonyl (C=O) groups excluding carboxylic acids is 1. The minimum atomic E-state index is -3.73. The first-order chi connectivity index (χ1) is 10.9. The molecule has 124 valence electrons. The lowest BCUT2D eigenvalue weighted by Crippen LogP contribution is -2.36. The number of nitrogens with one attached hydrogen (secondary N) is 1. The van der Waals surface area contributed by atoms with Gasteiger partial charge in [-0.25, -0.2) is 13.2 Å². The monoisotopic (exact) mass is 336 g/mol. The average Bonchev–Trinajstić information content (AvgIpc) is 3.03. The summed E-state index contributed by atoms with van der Waals surface area (Å²) in [5, 5.41) is 0. The minimum Gasteiger partial charge on any atom is -0.464 e. The molecule has 6 nitrogen and oxygen atoms in total. The maximum absolute atomic E-state index is 12.9. The maximum atomic E-state index is 12.9. The third-order valence-corrected chi connectivity index (χ3v) is 5.43. The van der Waals surface area contributed by atoms with E-state index in [-0.39, 0.29) is 23.2 Å². The molecule has 7 heteroatoms. The third-order valence-electron chi connectivity index (χ3n) is 3.43. The lowest BCUT2D eigenvalue weighted by Gasteiger charge is -2.25. The average molecular weight is 336 g/mol. The molecule has 1 heterocycles. The lowest BCUT2D eigenvalue weighted by molar-refractivity contribution is 0.0594. The van der Waals surface area contributed by atoms with Crippen LogP contribution >= 0.6 is 0 Å². The molecule has 0 aliphatic rings. The molecule has 2 aromatic rings. The number of H-pyrrole nitrogens is 1. The molecule has 0 bridgehead atoms. The van der Waals surface area contributed by atoms with Crippen molar-refractivity contribution in [2.75, 3.05) is 7.11 Å². The summed E-state index contributed by atoms with van der Waals surface area (Å²) in [5.41, 5.74) is 1.00. The second-order valence-corrected chi connectivity index (χ2v) is 7.26.